The second-order valence-corrected chi connectivity index (χ2v) is 9.83. The van der Waals surface area contributed by atoms with Gasteiger partial charge in [-0.1, -0.05) is 49.7 Å². The van der Waals surface area contributed by atoms with Crippen LogP contribution in [0, 0.1) is 5.82 Å². The molecular weight excluding hydrogens is 535 g/mol. The zero-order chi connectivity index (χ0) is 29.5. The molecule has 0 radical (unpaired) electrons. The third-order valence-corrected chi connectivity index (χ3v) is 6.87. The molecule has 1 unspecified atom stereocenters. The number of benzene rings is 4. The number of carbonyl (C=O) groups is 1. The van der Waals surface area contributed by atoms with Gasteiger partial charge in [-0.25, -0.2) is 14.2 Å². The van der Waals surface area contributed by atoms with E-state index in [-0.39, 0.29) is 12.4 Å². The fourth-order valence-corrected chi connectivity index (χ4v) is 4.53. The SMILES string of the molecule is CCCCC(Oc1ccc2cc(-c3nc(OCc4ccccc4F)cc(-c4ccc(OC)cc4)n3)ccc2c1)C(=O)O. The first-order valence-corrected chi connectivity index (χ1v) is 13.8. The van der Waals surface area contributed by atoms with E-state index in [9.17, 15) is 14.3 Å². The quantitative estimate of drug-likeness (QED) is 0.165. The number of aliphatic carboxylic acids is 1. The minimum Gasteiger partial charge on any atom is -0.497 e. The molecule has 214 valence electrons. The molecule has 0 fully saturated rings. The molecule has 5 aromatic rings. The number of hydrogen-bond acceptors (Lipinski definition) is 6. The van der Waals surface area contributed by atoms with E-state index in [4.69, 9.17) is 19.2 Å². The van der Waals surface area contributed by atoms with Gasteiger partial charge in [0.1, 0.15) is 23.9 Å². The van der Waals surface area contributed by atoms with Gasteiger partial charge >= 0.3 is 5.97 Å². The van der Waals surface area contributed by atoms with Crippen molar-refractivity contribution in [3.05, 3.63) is 102 Å². The van der Waals surface area contributed by atoms with E-state index in [0.29, 0.717) is 35.1 Å². The number of methoxy groups -OCH3 is 1. The van der Waals surface area contributed by atoms with Crippen LogP contribution in [-0.2, 0) is 11.4 Å². The van der Waals surface area contributed by atoms with Crippen molar-refractivity contribution in [1.29, 1.82) is 0 Å². The molecule has 0 bridgehead atoms. The molecule has 1 heterocycles. The summed E-state index contributed by atoms with van der Waals surface area (Å²) in [4.78, 5) is 21.1. The van der Waals surface area contributed by atoms with Crippen molar-refractivity contribution in [2.75, 3.05) is 7.11 Å². The Labute approximate surface area is 243 Å². The highest BCUT2D eigenvalue weighted by atomic mass is 19.1. The Balaban J connectivity index is 1.47. The predicted octanol–water partition coefficient (Wildman–Crippen LogP) is 7.71. The Hall–Kier alpha value is -4.98. The summed E-state index contributed by atoms with van der Waals surface area (Å²) in [6.45, 7) is 2.03. The van der Waals surface area contributed by atoms with Crippen LogP contribution < -0.4 is 14.2 Å². The summed E-state index contributed by atoms with van der Waals surface area (Å²) >= 11 is 0. The lowest BCUT2D eigenvalue weighted by Gasteiger charge is -2.15. The zero-order valence-electron chi connectivity index (χ0n) is 23.4. The van der Waals surface area contributed by atoms with Crippen molar-refractivity contribution in [3.8, 4) is 40.0 Å². The highest BCUT2D eigenvalue weighted by Gasteiger charge is 2.19. The first-order valence-electron chi connectivity index (χ1n) is 13.8. The maximum absolute atomic E-state index is 14.2. The number of nitrogens with zero attached hydrogens (tertiary/aromatic N) is 2. The van der Waals surface area contributed by atoms with Gasteiger partial charge < -0.3 is 19.3 Å². The molecule has 0 aliphatic heterocycles. The van der Waals surface area contributed by atoms with Gasteiger partial charge in [0.15, 0.2) is 11.9 Å². The topological polar surface area (TPSA) is 90.8 Å². The van der Waals surface area contributed by atoms with Gasteiger partial charge in [0, 0.05) is 22.8 Å². The van der Waals surface area contributed by atoms with E-state index in [1.54, 1.807) is 37.4 Å². The van der Waals surface area contributed by atoms with Crippen LogP contribution in [0.25, 0.3) is 33.4 Å². The number of halogens is 1. The molecule has 1 N–H and O–H groups in total. The number of aromatic nitrogens is 2. The van der Waals surface area contributed by atoms with Crippen molar-refractivity contribution >= 4 is 16.7 Å². The second-order valence-electron chi connectivity index (χ2n) is 9.83. The number of unbranched alkanes of at least 4 members (excludes halogenated alkanes) is 1. The van der Waals surface area contributed by atoms with Crippen molar-refractivity contribution in [1.82, 2.24) is 9.97 Å². The lowest BCUT2D eigenvalue weighted by Crippen LogP contribution is -2.26. The molecule has 0 spiro atoms. The van der Waals surface area contributed by atoms with Crippen LogP contribution in [0.2, 0.25) is 0 Å². The molecular formula is C34H31FN2O5. The number of ether oxygens (including phenoxy) is 3. The summed E-state index contributed by atoms with van der Waals surface area (Å²) in [5.41, 5.74) is 2.66. The number of hydrogen-bond donors (Lipinski definition) is 1. The van der Waals surface area contributed by atoms with Crippen LogP contribution in [0.4, 0.5) is 4.39 Å². The smallest absolute Gasteiger partial charge is 0.344 e. The van der Waals surface area contributed by atoms with Crippen molar-refractivity contribution < 1.29 is 28.5 Å². The molecule has 0 saturated carbocycles. The molecule has 8 heteroatoms. The standard InChI is InChI=1S/C34H31FN2O5/c1-3-4-9-31(34(38)39)42-28-17-14-23-18-25(11-10-24(23)19-28)33-36-30(22-12-15-27(40-2)16-13-22)20-32(37-33)41-21-26-7-5-6-8-29(26)35/h5-8,10-20,31H,3-4,9,21H2,1-2H3,(H,38,39). The van der Waals surface area contributed by atoms with Crippen LogP contribution in [0.1, 0.15) is 31.7 Å². The van der Waals surface area contributed by atoms with E-state index in [2.05, 4.69) is 4.98 Å². The third-order valence-electron chi connectivity index (χ3n) is 6.87. The van der Waals surface area contributed by atoms with Gasteiger partial charge in [-0.3, -0.25) is 0 Å². The Morgan fingerprint density at radius 1 is 0.881 bits per heavy atom. The number of carboxylic acids is 1. The molecule has 7 nitrogen and oxygen atoms in total. The van der Waals surface area contributed by atoms with Gasteiger partial charge in [0.05, 0.1) is 12.8 Å². The van der Waals surface area contributed by atoms with Crippen LogP contribution in [0.3, 0.4) is 0 Å². The zero-order valence-corrected chi connectivity index (χ0v) is 23.4. The first-order chi connectivity index (χ1) is 20.4. The predicted molar refractivity (Wildman–Crippen MR) is 159 cm³/mol. The number of carboxylic acid groups (broad SMARTS) is 1. The van der Waals surface area contributed by atoms with Gasteiger partial charge in [-0.15, -0.1) is 0 Å². The van der Waals surface area contributed by atoms with E-state index < -0.39 is 12.1 Å². The minimum atomic E-state index is -0.971. The molecule has 0 saturated heterocycles. The van der Waals surface area contributed by atoms with Crippen LogP contribution in [-0.4, -0.2) is 34.3 Å². The molecule has 4 aromatic carbocycles. The average molecular weight is 567 g/mol. The minimum absolute atomic E-state index is 0.0151. The fraction of sp³-hybridized carbons (Fsp3) is 0.206. The van der Waals surface area contributed by atoms with E-state index in [0.717, 1.165) is 40.5 Å². The highest BCUT2D eigenvalue weighted by Crippen LogP contribution is 2.30. The van der Waals surface area contributed by atoms with Crippen LogP contribution >= 0.6 is 0 Å². The van der Waals surface area contributed by atoms with Crippen molar-refractivity contribution in [2.24, 2.45) is 0 Å². The van der Waals surface area contributed by atoms with Gasteiger partial charge in [0.25, 0.3) is 0 Å². The summed E-state index contributed by atoms with van der Waals surface area (Å²) in [5.74, 6) is 0.660. The molecule has 0 amide bonds. The summed E-state index contributed by atoms with van der Waals surface area (Å²) in [6.07, 6.45) is 1.23. The largest absolute Gasteiger partial charge is 0.497 e. The molecule has 1 atom stereocenters. The highest BCUT2D eigenvalue weighted by molar-refractivity contribution is 5.88. The first kappa shape index (κ1) is 28.5. The maximum Gasteiger partial charge on any atom is 0.344 e. The van der Waals surface area contributed by atoms with Gasteiger partial charge in [0.2, 0.25) is 5.88 Å². The monoisotopic (exact) mass is 566 g/mol. The number of fused-ring (bicyclic) bond motifs is 1. The summed E-state index contributed by atoms with van der Waals surface area (Å²) < 4.78 is 31.3. The van der Waals surface area contributed by atoms with Crippen LogP contribution in [0.15, 0.2) is 91.0 Å². The van der Waals surface area contributed by atoms with Crippen molar-refractivity contribution in [2.45, 2.75) is 38.9 Å². The van der Waals surface area contributed by atoms with E-state index in [1.807, 2.05) is 61.5 Å². The summed E-state index contributed by atoms with van der Waals surface area (Å²) in [5, 5.41) is 11.3. The Morgan fingerprint density at radius 2 is 1.60 bits per heavy atom. The third kappa shape index (κ3) is 6.83. The normalized spacial score (nSPS) is 11.7. The summed E-state index contributed by atoms with van der Waals surface area (Å²) in [7, 11) is 1.61. The van der Waals surface area contributed by atoms with E-state index in [1.165, 1.54) is 6.07 Å². The molecule has 42 heavy (non-hydrogen) atoms. The Bertz CT molecular complexity index is 1690. The number of rotatable bonds is 12. The molecule has 0 aliphatic carbocycles. The Kier molecular flexibility index (Phi) is 8.92. The van der Waals surface area contributed by atoms with Gasteiger partial charge in [-0.05, 0) is 72.1 Å². The van der Waals surface area contributed by atoms with E-state index >= 15 is 0 Å². The fourth-order valence-electron chi connectivity index (χ4n) is 4.53. The molecule has 0 aliphatic rings. The Morgan fingerprint density at radius 3 is 2.33 bits per heavy atom. The lowest BCUT2D eigenvalue weighted by molar-refractivity contribution is -0.145. The molecule has 5 rings (SSSR count). The van der Waals surface area contributed by atoms with Gasteiger partial charge in [-0.2, -0.15) is 4.98 Å². The second kappa shape index (κ2) is 13.1. The maximum atomic E-state index is 14.2. The van der Waals surface area contributed by atoms with Crippen molar-refractivity contribution in [3.63, 3.8) is 0 Å². The summed E-state index contributed by atoms with van der Waals surface area (Å²) in [6, 6.07) is 27.0. The molecule has 1 aromatic heterocycles. The van der Waals surface area contributed by atoms with Crippen LogP contribution in [0.5, 0.6) is 17.4 Å². The average Bonchev–Trinajstić information content (AvgIpc) is 3.02. The lowest BCUT2D eigenvalue weighted by atomic mass is 10.1.